The fraction of sp³-hybridized carbons (Fsp3) is 0.485. The average molecular weight is 565 g/mol. The minimum atomic E-state index is -0.500. The fourth-order valence-electron chi connectivity index (χ4n) is 4.49. The highest BCUT2D eigenvalue weighted by Crippen LogP contribution is 2.39. The van der Waals surface area contributed by atoms with Gasteiger partial charge in [0, 0.05) is 42.3 Å². The summed E-state index contributed by atoms with van der Waals surface area (Å²) in [6.45, 7) is 17.6. The lowest BCUT2D eigenvalue weighted by Gasteiger charge is -2.40. The Hall–Kier alpha value is -3.65. The Kier molecular flexibility index (Phi) is 13.1. The van der Waals surface area contributed by atoms with E-state index < -0.39 is 5.60 Å². The van der Waals surface area contributed by atoms with E-state index in [1.165, 1.54) is 29.7 Å². The van der Waals surface area contributed by atoms with Gasteiger partial charge in [-0.2, -0.15) is 0 Å². The summed E-state index contributed by atoms with van der Waals surface area (Å²) in [5.74, 6) is 1.74. The number of nitrogens with zero attached hydrogens (tertiary/aromatic N) is 3. The molecule has 0 unspecified atom stereocenters. The summed E-state index contributed by atoms with van der Waals surface area (Å²) in [5.41, 5.74) is 6.05. The molecule has 1 saturated heterocycles. The molecular weight excluding hydrogens is 516 g/mol. The van der Waals surface area contributed by atoms with E-state index in [-0.39, 0.29) is 6.47 Å². The van der Waals surface area contributed by atoms with E-state index in [1.54, 1.807) is 20.8 Å². The van der Waals surface area contributed by atoms with Crippen LogP contribution < -0.4 is 15.0 Å². The van der Waals surface area contributed by atoms with Gasteiger partial charge in [0.15, 0.2) is 0 Å². The van der Waals surface area contributed by atoms with Crippen LogP contribution in [0.25, 0.3) is 11.1 Å². The Morgan fingerprint density at radius 3 is 2.20 bits per heavy atom. The molecule has 224 valence electrons. The molecule has 41 heavy (non-hydrogen) atoms. The second-order valence-electron chi connectivity index (χ2n) is 11.9. The molecule has 0 atom stereocenters. The first-order chi connectivity index (χ1) is 19.4. The van der Waals surface area contributed by atoms with E-state index >= 15 is 0 Å². The van der Waals surface area contributed by atoms with Crippen LogP contribution in [0, 0.1) is 12.3 Å². The third-order valence-electron chi connectivity index (χ3n) is 6.65. The van der Waals surface area contributed by atoms with Gasteiger partial charge in [-0.1, -0.05) is 39.0 Å². The lowest BCUT2D eigenvalue weighted by atomic mass is 9.82. The molecule has 4 rings (SSSR count). The predicted octanol–water partition coefficient (Wildman–Crippen LogP) is 6.61. The number of anilines is 2. The van der Waals surface area contributed by atoms with E-state index in [1.807, 2.05) is 48.8 Å². The lowest BCUT2D eigenvalue weighted by Crippen LogP contribution is -2.38. The first kappa shape index (κ1) is 33.6. The summed E-state index contributed by atoms with van der Waals surface area (Å²) in [7, 11) is 0. The molecule has 0 aliphatic carbocycles. The molecule has 0 amide bonds. The van der Waals surface area contributed by atoms with Crippen molar-refractivity contribution >= 4 is 18.0 Å². The molecular formula is C33H48N4O4. The summed E-state index contributed by atoms with van der Waals surface area (Å²) < 4.78 is 5.75. The van der Waals surface area contributed by atoms with Gasteiger partial charge in [0.1, 0.15) is 18.2 Å². The van der Waals surface area contributed by atoms with Crippen molar-refractivity contribution in [2.24, 2.45) is 5.41 Å². The Balaban J connectivity index is 0.000000653. The minimum Gasteiger partial charge on any atom is -0.492 e. The van der Waals surface area contributed by atoms with E-state index in [9.17, 15) is 0 Å². The number of hydrogen-bond donors (Lipinski definition) is 3. The predicted molar refractivity (Wildman–Crippen MR) is 168 cm³/mol. The van der Waals surface area contributed by atoms with Crippen molar-refractivity contribution in [1.82, 2.24) is 9.97 Å². The van der Waals surface area contributed by atoms with Crippen molar-refractivity contribution in [2.75, 3.05) is 36.5 Å². The van der Waals surface area contributed by atoms with Crippen LogP contribution in [-0.2, 0) is 11.2 Å². The molecule has 8 heteroatoms. The van der Waals surface area contributed by atoms with Crippen molar-refractivity contribution in [3.8, 4) is 16.9 Å². The summed E-state index contributed by atoms with van der Waals surface area (Å²) in [6.07, 6.45) is 7.40. The largest absolute Gasteiger partial charge is 0.492 e. The van der Waals surface area contributed by atoms with Crippen LogP contribution in [0.2, 0.25) is 0 Å². The maximum Gasteiger partial charge on any atom is 0.290 e. The van der Waals surface area contributed by atoms with Crippen LogP contribution in [0.3, 0.4) is 0 Å². The molecule has 1 aliphatic heterocycles. The van der Waals surface area contributed by atoms with Gasteiger partial charge in [0.2, 0.25) is 0 Å². The van der Waals surface area contributed by atoms with Gasteiger partial charge in [0.25, 0.3) is 6.47 Å². The summed E-state index contributed by atoms with van der Waals surface area (Å²) in [4.78, 5) is 20.3. The number of nitrogens with one attached hydrogen (secondary N) is 1. The molecule has 3 N–H and O–H groups in total. The number of carboxylic acid groups (broad SMARTS) is 1. The highest BCUT2D eigenvalue weighted by atomic mass is 16.5. The third kappa shape index (κ3) is 11.8. The number of rotatable bonds is 8. The SMILES string of the molecule is CC(C)(C)O.CCc1c(C)ncc(-c2ccc(NCCOc3ccccc3)nc2)c1N1CCC(C)(C)CC1.O=CO. The van der Waals surface area contributed by atoms with Crippen LogP contribution in [0.5, 0.6) is 5.75 Å². The molecule has 8 nitrogen and oxygen atoms in total. The van der Waals surface area contributed by atoms with E-state index in [2.05, 4.69) is 49.0 Å². The summed E-state index contributed by atoms with van der Waals surface area (Å²) in [5, 5.41) is 18.8. The molecule has 0 spiro atoms. The normalized spacial score (nSPS) is 14.1. The first-order valence-corrected chi connectivity index (χ1v) is 14.3. The van der Waals surface area contributed by atoms with Crippen LogP contribution >= 0.6 is 0 Å². The molecule has 1 aromatic carbocycles. The highest BCUT2D eigenvalue weighted by Gasteiger charge is 2.28. The minimum absolute atomic E-state index is 0.250. The molecule has 2 aromatic heterocycles. The molecule has 3 aromatic rings. The number of para-hydroxylation sites is 1. The number of aryl methyl sites for hydroxylation is 1. The number of benzene rings is 1. The number of aliphatic hydroxyl groups is 1. The highest BCUT2D eigenvalue weighted by molar-refractivity contribution is 5.81. The number of pyridine rings is 2. The maximum absolute atomic E-state index is 8.52. The van der Waals surface area contributed by atoms with Crippen molar-refractivity contribution in [3.63, 3.8) is 0 Å². The monoisotopic (exact) mass is 564 g/mol. The zero-order valence-electron chi connectivity index (χ0n) is 25.8. The maximum atomic E-state index is 8.52. The number of ether oxygens (including phenoxy) is 1. The third-order valence-corrected chi connectivity index (χ3v) is 6.65. The van der Waals surface area contributed by atoms with Crippen LogP contribution in [-0.4, -0.2) is 58.5 Å². The molecule has 3 heterocycles. The van der Waals surface area contributed by atoms with Gasteiger partial charge < -0.3 is 25.2 Å². The molecule has 0 saturated carbocycles. The number of aromatic nitrogens is 2. The van der Waals surface area contributed by atoms with Gasteiger partial charge in [-0.25, -0.2) is 4.98 Å². The topological polar surface area (TPSA) is 108 Å². The van der Waals surface area contributed by atoms with Crippen LogP contribution in [0.4, 0.5) is 11.5 Å². The Labute approximate surface area is 245 Å². The zero-order valence-corrected chi connectivity index (χ0v) is 25.8. The lowest BCUT2D eigenvalue weighted by molar-refractivity contribution is -0.122. The molecule has 0 radical (unpaired) electrons. The summed E-state index contributed by atoms with van der Waals surface area (Å²) >= 11 is 0. The van der Waals surface area contributed by atoms with E-state index in [4.69, 9.17) is 24.7 Å². The van der Waals surface area contributed by atoms with Gasteiger partial charge >= 0.3 is 0 Å². The second kappa shape index (κ2) is 16.0. The van der Waals surface area contributed by atoms with Crippen molar-refractivity contribution in [3.05, 3.63) is 66.1 Å². The number of piperidine rings is 1. The van der Waals surface area contributed by atoms with Crippen molar-refractivity contribution in [2.45, 2.75) is 73.3 Å². The smallest absolute Gasteiger partial charge is 0.290 e. The first-order valence-electron chi connectivity index (χ1n) is 14.3. The van der Waals surface area contributed by atoms with Gasteiger partial charge in [-0.05, 0) is 82.2 Å². The Morgan fingerprint density at radius 2 is 1.66 bits per heavy atom. The average Bonchev–Trinajstić information content (AvgIpc) is 2.92. The number of carbonyl (C=O) groups is 1. The summed E-state index contributed by atoms with van der Waals surface area (Å²) in [6, 6.07) is 14.1. The zero-order chi connectivity index (χ0) is 30.5. The second-order valence-corrected chi connectivity index (χ2v) is 11.9. The Morgan fingerprint density at radius 1 is 1.05 bits per heavy atom. The molecule has 0 bridgehead atoms. The quantitative estimate of drug-likeness (QED) is 0.207. The molecule has 1 fully saturated rings. The molecule has 1 aliphatic rings. The van der Waals surface area contributed by atoms with E-state index in [0.29, 0.717) is 18.6 Å². The van der Waals surface area contributed by atoms with E-state index in [0.717, 1.165) is 42.3 Å². The Bertz CT molecular complexity index is 1180. The van der Waals surface area contributed by atoms with Gasteiger partial charge in [-0.3, -0.25) is 9.78 Å². The van der Waals surface area contributed by atoms with Gasteiger partial charge in [0.05, 0.1) is 17.8 Å². The fourth-order valence-corrected chi connectivity index (χ4v) is 4.49. The van der Waals surface area contributed by atoms with Gasteiger partial charge in [-0.15, -0.1) is 0 Å². The number of hydrogen-bond acceptors (Lipinski definition) is 7. The van der Waals surface area contributed by atoms with Crippen molar-refractivity contribution in [1.29, 1.82) is 0 Å². The van der Waals surface area contributed by atoms with Crippen LogP contribution in [0.15, 0.2) is 54.9 Å². The van der Waals surface area contributed by atoms with Crippen molar-refractivity contribution < 1.29 is 19.7 Å². The van der Waals surface area contributed by atoms with Crippen LogP contribution in [0.1, 0.15) is 65.6 Å². The standard InChI is InChI=1S/C28H36N4O.C4H10O.CH2O2/c1-5-24-21(2)30-20-25(27(24)32-16-13-28(3,4)14-17-32)22-11-12-26(31-19-22)29-15-18-33-23-9-7-6-8-10-23;1-4(2,3)5;2-1-3/h6-12,19-20H,5,13-18H2,1-4H3,(H,29,31);5H,1-3H3;1H,(H,2,3).